The number of carbonyl (C=O) groups excluding carboxylic acids is 1. The molecule has 7 heteroatoms. The van der Waals surface area contributed by atoms with Gasteiger partial charge in [0, 0.05) is 41.4 Å². The summed E-state index contributed by atoms with van der Waals surface area (Å²) in [6, 6.07) is 17.4. The number of nitrogens with two attached hydrogens (primary N) is 1. The maximum absolute atomic E-state index is 13.2. The number of rotatable bonds is 3. The number of amides is 1. The highest BCUT2D eigenvalue weighted by atomic mass is 16.5. The number of nitrogen functional groups attached to an aromatic ring is 1. The highest BCUT2D eigenvalue weighted by Gasteiger charge is 2.30. The number of anilines is 1. The van der Waals surface area contributed by atoms with E-state index in [1.165, 1.54) is 0 Å². The highest BCUT2D eigenvalue weighted by molar-refractivity contribution is 5.98. The molecule has 0 aliphatic carbocycles. The van der Waals surface area contributed by atoms with Crippen LogP contribution in [-0.2, 0) is 4.74 Å². The van der Waals surface area contributed by atoms with Crippen molar-refractivity contribution >= 4 is 22.6 Å². The van der Waals surface area contributed by atoms with Crippen molar-refractivity contribution in [1.82, 2.24) is 19.9 Å². The number of hydrogen-bond acceptors (Lipinski definition) is 6. The molecule has 1 saturated heterocycles. The highest BCUT2D eigenvalue weighted by Crippen LogP contribution is 2.30. The van der Waals surface area contributed by atoms with Gasteiger partial charge in [-0.05, 0) is 55.8 Å². The molecule has 1 amide bonds. The van der Waals surface area contributed by atoms with Crippen molar-refractivity contribution in [2.24, 2.45) is 0 Å². The first-order valence-corrected chi connectivity index (χ1v) is 10.9. The number of ether oxygens (including phenoxy) is 1. The number of hydrogen-bond donors (Lipinski definition) is 1. The SMILES string of the molecule is C.CC1(C)CN(C(=O)c2cccc(-c3ncnc4ccc(-c5ccc(N)nc5)cc34)c2)CCO1. The minimum Gasteiger partial charge on any atom is -0.384 e. The Morgan fingerprint density at radius 1 is 1.00 bits per heavy atom. The zero-order valence-electron chi connectivity index (χ0n) is 18.7. The topological polar surface area (TPSA) is 94.2 Å². The molecule has 1 aliphatic rings. The van der Waals surface area contributed by atoms with E-state index in [9.17, 15) is 4.79 Å². The first kappa shape index (κ1) is 23.3. The van der Waals surface area contributed by atoms with E-state index in [0.717, 1.165) is 33.3 Å². The summed E-state index contributed by atoms with van der Waals surface area (Å²) in [5.74, 6) is 0.480. The molecule has 0 spiro atoms. The van der Waals surface area contributed by atoms with Crippen LogP contribution in [-0.4, -0.2) is 51.1 Å². The molecule has 5 rings (SSSR count). The van der Waals surface area contributed by atoms with Crippen LogP contribution in [0, 0.1) is 0 Å². The maximum atomic E-state index is 13.2. The third-order valence-electron chi connectivity index (χ3n) is 5.85. The molecule has 2 aromatic carbocycles. The zero-order valence-corrected chi connectivity index (χ0v) is 18.7. The Hall–Kier alpha value is -3.84. The molecular formula is C27H29N5O2. The lowest BCUT2D eigenvalue weighted by atomic mass is 9.99. The lowest BCUT2D eigenvalue weighted by molar-refractivity contribution is -0.0764. The van der Waals surface area contributed by atoms with Gasteiger partial charge in [-0.15, -0.1) is 0 Å². The fraction of sp³-hybridized carbons (Fsp3) is 0.259. The Labute approximate surface area is 199 Å². The number of fused-ring (bicyclic) bond motifs is 1. The van der Waals surface area contributed by atoms with E-state index in [-0.39, 0.29) is 18.9 Å². The smallest absolute Gasteiger partial charge is 0.254 e. The van der Waals surface area contributed by atoms with Crippen molar-refractivity contribution in [3.05, 3.63) is 72.7 Å². The van der Waals surface area contributed by atoms with Crippen molar-refractivity contribution in [2.45, 2.75) is 26.9 Å². The second-order valence-corrected chi connectivity index (χ2v) is 8.84. The third-order valence-corrected chi connectivity index (χ3v) is 5.85. The van der Waals surface area contributed by atoms with Crippen LogP contribution in [0.1, 0.15) is 31.6 Å². The predicted octanol–water partition coefficient (Wildman–Crippen LogP) is 4.83. The molecular weight excluding hydrogens is 426 g/mol. The van der Waals surface area contributed by atoms with Crippen molar-refractivity contribution in [3.8, 4) is 22.4 Å². The van der Waals surface area contributed by atoms with Crippen LogP contribution in [0.5, 0.6) is 0 Å². The molecule has 1 aliphatic heterocycles. The summed E-state index contributed by atoms with van der Waals surface area (Å²) in [6.45, 7) is 5.69. The van der Waals surface area contributed by atoms with Crippen molar-refractivity contribution in [1.29, 1.82) is 0 Å². The first-order chi connectivity index (χ1) is 15.9. The fourth-order valence-electron chi connectivity index (χ4n) is 4.21. The average Bonchev–Trinajstić information content (AvgIpc) is 2.83. The van der Waals surface area contributed by atoms with Gasteiger partial charge in [-0.25, -0.2) is 15.0 Å². The number of aromatic nitrogens is 3. The minimum atomic E-state index is -0.345. The summed E-state index contributed by atoms with van der Waals surface area (Å²) in [5, 5.41) is 0.906. The standard InChI is InChI=1S/C26H25N5O2.CH4/c1-26(2)15-31(10-11-33-26)25(32)19-5-3-4-18(12-19)24-21-13-17(6-8-22(21)29-16-30-24)20-7-9-23(27)28-14-20;/h3-9,12-14,16H,10-11,15H2,1-2H3,(H2,27,28);1H4. The second kappa shape index (κ2) is 9.19. The number of carbonyl (C=O) groups is 1. The van der Waals surface area contributed by atoms with E-state index in [0.29, 0.717) is 31.1 Å². The van der Waals surface area contributed by atoms with E-state index in [1.807, 2.05) is 61.2 Å². The summed E-state index contributed by atoms with van der Waals surface area (Å²) in [7, 11) is 0. The van der Waals surface area contributed by atoms with E-state index >= 15 is 0 Å². The van der Waals surface area contributed by atoms with Gasteiger partial charge in [0.15, 0.2) is 0 Å². The van der Waals surface area contributed by atoms with Gasteiger partial charge >= 0.3 is 0 Å². The molecule has 2 aromatic heterocycles. The molecule has 174 valence electrons. The van der Waals surface area contributed by atoms with E-state index in [1.54, 1.807) is 18.6 Å². The number of benzene rings is 2. The van der Waals surface area contributed by atoms with Crippen LogP contribution in [0.25, 0.3) is 33.3 Å². The Bertz CT molecular complexity index is 1330. The molecule has 1 fully saturated rings. The second-order valence-electron chi connectivity index (χ2n) is 8.84. The number of pyridine rings is 1. The van der Waals surface area contributed by atoms with Crippen molar-refractivity contribution < 1.29 is 9.53 Å². The Balaban J connectivity index is 0.00000274. The summed E-state index contributed by atoms with van der Waals surface area (Å²) in [6.07, 6.45) is 3.31. The van der Waals surface area contributed by atoms with Crippen LogP contribution >= 0.6 is 0 Å². The van der Waals surface area contributed by atoms with Gasteiger partial charge in [0.05, 0.1) is 23.4 Å². The van der Waals surface area contributed by atoms with Gasteiger partial charge < -0.3 is 15.4 Å². The van der Waals surface area contributed by atoms with Crippen LogP contribution in [0.4, 0.5) is 5.82 Å². The molecule has 0 bridgehead atoms. The summed E-state index contributed by atoms with van der Waals surface area (Å²) in [5.41, 5.74) is 10.5. The van der Waals surface area contributed by atoms with Gasteiger partial charge in [0.25, 0.3) is 5.91 Å². The monoisotopic (exact) mass is 455 g/mol. The van der Waals surface area contributed by atoms with E-state index in [2.05, 4.69) is 21.0 Å². The molecule has 7 nitrogen and oxygen atoms in total. The van der Waals surface area contributed by atoms with Crippen molar-refractivity contribution in [2.75, 3.05) is 25.4 Å². The molecule has 0 saturated carbocycles. The molecule has 3 heterocycles. The van der Waals surface area contributed by atoms with Crippen LogP contribution in [0.2, 0.25) is 0 Å². The summed E-state index contributed by atoms with van der Waals surface area (Å²) < 4.78 is 5.75. The Morgan fingerprint density at radius 3 is 2.59 bits per heavy atom. The quantitative estimate of drug-likeness (QED) is 0.476. The molecule has 4 aromatic rings. The first-order valence-electron chi connectivity index (χ1n) is 10.9. The van der Waals surface area contributed by atoms with Crippen LogP contribution in [0.3, 0.4) is 0 Å². The average molecular weight is 456 g/mol. The van der Waals surface area contributed by atoms with Gasteiger partial charge in [0.2, 0.25) is 0 Å². The predicted molar refractivity (Wildman–Crippen MR) is 135 cm³/mol. The van der Waals surface area contributed by atoms with E-state index in [4.69, 9.17) is 10.5 Å². The molecule has 0 atom stereocenters. The van der Waals surface area contributed by atoms with Crippen molar-refractivity contribution in [3.63, 3.8) is 0 Å². The molecule has 2 N–H and O–H groups in total. The minimum absolute atomic E-state index is 0. The van der Waals surface area contributed by atoms with Gasteiger partial charge in [0.1, 0.15) is 12.1 Å². The van der Waals surface area contributed by atoms with E-state index < -0.39 is 0 Å². The lowest BCUT2D eigenvalue weighted by Crippen LogP contribution is -2.50. The van der Waals surface area contributed by atoms with Crippen LogP contribution in [0.15, 0.2) is 67.1 Å². The van der Waals surface area contributed by atoms with Crippen LogP contribution < -0.4 is 5.73 Å². The lowest BCUT2D eigenvalue weighted by Gasteiger charge is -2.38. The fourth-order valence-corrected chi connectivity index (χ4v) is 4.21. The number of morpholine rings is 1. The molecule has 34 heavy (non-hydrogen) atoms. The van der Waals surface area contributed by atoms with Gasteiger partial charge in [-0.2, -0.15) is 0 Å². The Kier molecular flexibility index (Phi) is 6.30. The van der Waals surface area contributed by atoms with Gasteiger partial charge in [-0.3, -0.25) is 4.79 Å². The van der Waals surface area contributed by atoms with Gasteiger partial charge in [-0.1, -0.05) is 25.6 Å². The summed E-state index contributed by atoms with van der Waals surface area (Å²) >= 11 is 0. The summed E-state index contributed by atoms with van der Waals surface area (Å²) in [4.78, 5) is 28.3. The Morgan fingerprint density at radius 2 is 1.82 bits per heavy atom. The number of nitrogens with zero attached hydrogens (tertiary/aromatic N) is 4. The zero-order chi connectivity index (χ0) is 23.0. The molecule has 0 radical (unpaired) electrons. The largest absolute Gasteiger partial charge is 0.384 e. The maximum Gasteiger partial charge on any atom is 0.254 e. The normalized spacial score (nSPS) is 15.1. The molecule has 0 unspecified atom stereocenters. The third kappa shape index (κ3) is 4.61.